The molecule has 0 unspecified atom stereocenters. The number of nitrogens with one attached hydrogen (secondary N) is 1. The second-order valence-corrected chi connectivity index (χ2v) is 1.73. The monoisotopic (exact) mass is 123 g/mol. The van der Waals surface area contributed by atoms with Gasteiger partial charge in [-0.15, -0.1) is 0 Å². The van der Waals surface area contributed by atoms with Gasteiger partial charge in [0.25, 0.3) is 0 Å². The topological polar surface area (TPSA) is 37.8 Å². The molecule has 0 atom stereocenters. The lowest BCUT2D eigenvalue weighted by Crippen LogP contribution is -2.06. The summed E-state index contributed by atoms with van der Waals surface area (Å²) < 4.78 is 0. The minimum absolute atomic E-state index is 0.808. The SMILES string of the molecule is CNCc1ccncn1. The van der Waals surface area contributed by atoms with E-state index < -0.39 is 0 Å². The van der Waals surface area contributed by atoms with Gasteiger partial charge in [0, 0.05) is 12.7 Å². The minimum Gasteiger partial charge on any atom is -0.314 e. The van der Waals surface area contributed by atoms with Gasteiger partial charge in [-0.2, -0.15) is 0 Å². The predicted molar refractivity (Wildman–Crippen MR) is 34.8 cm³/mol. The van der Waals surface area contributed by atoms with Crippen LogP contribution in [0.15, 0.2) is 18.6 Å². The molecule has 0 saturated heterocycles. The summed E-state index contributed by atoms with van der Waals surface area (Å²) in [4.78, 5) is 7.78. The average molecular weight is 123 g/mol. The number of rotatable bonds is 2. The van der Waals surface area contributed by atoms with Gasteiger partial charge in [-0.25, -0.2) is 9.97 Å². The van der Waals surface area contributed by atoms with Gasteiger partial charge in [-0.3, -0.25) is 0 Å². The zero-order valence-corrected chi connectivity index (χ0v) is 5.33. The molecular weight excluding hydrogens is 114 g/mol. The Bertz CT molecular complexity index is 161. The van der Waals surface area contributed by atoms with E-state index in [1.54, 1.807) is 12.5 Å². The highest BCUT2D eigenvalue weighted by Crippen LogP contribution is 1.87. The quantitative estimate of drug-likeness (QED) is 0.610. The lowest BCUT2D eigenvalue weighted by Gasteiger charge is -1.94. The Morgan fingerprint density at radius 3 is 3.11 bits per heavy atom. The molecule has 0 radical (unpaired) electrons. The molecule has 0 aromatic carbocycles. The maximum absolute atomic E-state index is 3.99. The Hall–Kier alpha value is -0.960. The lowest BCUT2D eigenvalue weighted by atomic mass is 10.4. The molecule has 9 heavy (non-hydrogen) atoms. The van der Waals surface area contributed by atoms with Crippen LogP contribution in [0.5, 0.6) is 0 Å². The Balaban J connectivity index is 2.61. The van der Waals surface area contributed by atoms with Gasteiger partial charge in [0.2, 0.25) is 0 Å². The van der Waals surface area contributed by atoms with Crippen molar-refractivity contribution < 1.29 is 0 Å². The maximum Gasteiger partial charge on any atom is 0.115 e. The van der Waals surface area contributed by atoms with Crippen LogP contribution in [0, 0.1) is 0 Å². The van der Waals surface area contributed by atoms with Crippen molar-refractivity contribution in [3.63, 3.8) is 0 Å². The molecule has 0 aliphatic carbocycles. The molecule has 0 spiro atoms. The van der Waals surface area contributed by atoms with Crippen LogP contribution in [0.4, 0.5) is 0 Å². The Labute approximate surface area is 54.2 Å². The van der Waals surface area contributed by atoms with E-state index in [-0.39, 0.29) is 0 Å². The van der Waals surface area contributed by atoms with E-state index in [9.17, 15) is 0 Å². The third-order valence-corrected chi connectivity index (χ3v) is 1.00. The molecule has 1 aromatic heterocycles. The van der Waals surface area contributed by atoms with Crippen LogP contribution in [0.2, 0.25) is 0 Å². The first-order valence-electron chi connectivity index (χ1n) is 2.83. The first-order valence-corrected chi connectivity index (χ1v) is 2.83. The van der Waals surface area contributed by atoms with Crippen molar-refractivity contribution in [2.24, 2.45) is 0 Å². The van der Waals surface area contributed by atoms with Gasteiger partial charge in [0.15, 0.2) is 0 Å². The molecule has 48 valence electrons. The van der Waals surface area contributed by atoms with Gasteiger partial charge in [0.1, 0.15) is 6.33 Å². The summed E-state index contributed by atoms with van der Waals surface area (Å²) in [7, 11) is 1.89. The van der Waals surface area contributed by atoms with E-state index in [2.05, 4.69) is 15.3 Å². The van der Waals surface area contributed by atoms with Crippen molar-refractivity contribution in [1.29, 1.82) is 0 Å². The molecule has 0 bridgehead atoms. The van der Waals surface area contributed by atoms with Crippen LogP contribution < -0.4 is 5.32 Å². The standard InChI is InChI=1S/C6H9N3/c1-7-4-6-2-3-8-5-9-6/h2-3,5,7H,4H2,1H3. The number of aromatic nitrogens is 2. The highest BCUT2D eigenvalue weighted by molar-refractivity contribution is 4.96. The summed E-state index contributed by atoms with van der Waals surface area (Å²) in [6.07, 6.45) is 3.28. The molecule has 1 heterocycles. The number of nitrogens with zero attached hydrogens (tertiary/aromatic N) is 2. The maximum atomic E-state index is 3.99. The van der Waals surface area contributed by atoms with Gasteiger partial charge in [-0.05, 0) is 13.1 Å². The summed E-state index contributed by atoms with van der Waals surface area (Å²) in [5.41, 5.74) is 1.02. The lowest BCUT2D eigenvalue weighted by molar-refractivity contribution is 0.786. The molecule has 3 nitrogen and oxygen atoms in total. The van der Waals surface area contributed by atoms with Gasteiger partial charge >= 0.3 is 0 Å². The molecule has 0 amide bonds. The first-order chi connectivity index (χ1) is 4.43. The molecule has 0 aliphatic rings. The van der Waals surface area contributed by atoms with E-state index in [1.165, 1.54) is 0 Å². The van der Waals surface area contributed by atoms with E-state index in [0.717, 1.165) is 12.2 Å². The van der Waals surface area contributed by atoms with Crippen LogP contribution in [-0.4, -0.2) is 17.0 Å². The van der Waals surface area contributed by atoms with Crippen molar-refractivity contribution in [2.75, 3.05) is 7.05 Å². The summed E-state index contributed by atoms with van der Waals surface area (Å²) in [6, 6.07) is 1.89. The normalized spacial score (nSPS) is 9.44. The van der Waals surface area contributed by atoms with Crippen LogP contribution >= 0.6 is 0 Å². The fraction of sp³-hybridized carbons (Fsp3) is 0.333. The van der Waals surface area contributed by atoms with E-state index in [0.29, 0.717) is 0 Å². The van der Waals surface area contributed by atoms with Crippen molar-refractivity contribution >= 4 is 0 Å². The number of hydrogen-bond acceptors (Lipinski definition) is 3. The molecule has 3 heteroatoms. The molecule has 0 aliphatic heterocycles. The highest BCUT2D eigenvalue weighted by Gasteiger charge is 1.86. The first kappa shape index (κ1) is 6.16. The van der Waals surface area contributed by atoms with E-state index in [4.69, 9.17) is 0 Å². The zero-order chi connectivity index (χ0) is 6.53. The number of hydrogen-bond donors (Lipinski definition) is 1. The van der Waals surface area contributed by atoms with Crippen LogP contribution in [0.3, 0.4) is 0 Å². The highest BCUT2D eigenvalue weighted by atomic mass is 14.9. The molecule has 0 fully saturated rings. The van der Waals surface area contributed by atoms with Crippen molar-refractivity contribution in [3.8, 4) is 0 Å². The molecule has 1 N–H and O–H groups in total. The average Bonchev–Trinajstić information content (AvgIpc) is 1.91. The Kier molecular flexibility index (Phi) is 2.15. The molecule has 1 aromatic rings. The Morgan fingerprint density at radius 1 is 1.67 bits per heavy atom. The van der Waals surface area contributed by atoms with Gasteiger partial charge in [0.05, 0.1) is 5.69 Å². The summed E-state index contributed by atoms with van der Waals surface area (Å²) >= 11 is 0. The van der Waals surface area contributed by atoms with Gasteiger partial charge < -0.3 is 5.32 Å². The third-order valence-electron chi connectivity index (χ3n) is 1.00. The van der Waals surface area contributed by atoms with Crippen molar-refractivity contribution in [2.45, 2.75) is 6.54 Å². The Morgan fingerprint density at radius 2 is 2.56 bits per heavy atom. The molecule has 1 rings (SSSR count). The largest absolute Gasteiger partial charge is 0.314 e. The third kappa shape index (κ3) is 1.77. The molecular formula is C6H9N3. The fourth-order valence-corrected chi connectivity index (χ4v) is 0.604. The van der Waals surface area contributed by atoms with Crippen molar-refractivity contribution in [1.82, 2.24) is 15.3 Å². The van der Waals surface area contributed by atoms with Crippen LogP contribution in [-0.2, 0) is 6.54 Å². The zero-order valence-electron chi connectivity index (χ0n) is 5.33. The van der Waals surface area contributed by atoms with Gasteiger partial charge in [-0.1, -0.05) is 0 Å². The van der Waals surface area contributed by atoms with Crippen LogP contribution in [0.25, 0.3) is 0 Å². The smallest absolute Gasteiger partial charge is 0.115 e. The summed E-state index contributed by atoms with van der Waals surface area (Å²) in [5, 5.41) is 2.99. The minimum atomic E-state index is 0.808. The van der Waals surface area contributed by atoms with E-state index >= 15 is 0 Å². The van der Waals surface area contributed by atoms with Crippen molar-refractivity contribution in [3.05, 3.63) is 24.3 Å². The summed E-state index contributed by atoms with van der Waals surface area (Å²) in [5.74, 6) is 0. The predicted octanol–water partition coefficient (Wildman–Crippen LogP) is 0.196. The second-order valence-electron chi connectivity index (χ2n) is 1.73. The van der Waals surface area contributed by atoms with Crippen LogP contribution in [0.1, 0.15) is 5.69 Å². The molecule has 0 saturated carbocycles. The van der Waals surface area contributed by atoms with E-state index in [1.807, 2.05) is 13.1 Å². The fourth-order valence-electron chi connectivity index (χ4n) is 0.604. The second kappa shape index (κ2) is 3.14. The summed E-state index contributed by atoms with van der Waals surface area (Å²) in [6.45, 7) is 0.808.